The lowest BCUT2D eigenvalue weighted by Gasteiger charge is -2.30. The summed E-state index contributed by atoms with van der Waals surface area (Å²) in [5.41, 5.74) is 1.79. The first-order valence-electron chi connectivity index (χ1n) is 10.7. The summed E-state index contributed by atoms with van der Waals surface area (Å²) in [6.45, 7) is 2.11. The molecule has 1 atom stereocenters. The van der Waals surface area contributed by atoms with Crippen LogP contribution in [0.2, 0.25) is 0 Å². The third kappa shape index (κ3) is 4.96. The first kappa shape index (κ1) is 24.2. The molecule has 0 radical (unpaired) electrons. The Hall–Kier alpha value is -2.89. The smallest absolute Gasteiger partial charge is 0.325 e. The van der Waals surface area contributed by atoms with Gasteiger partial charge in [-0.1, -0.05) is 17.4 Å². The lowest BCUT2D eigenvalue weighted by Crippen LogP contribution is -2.42. The van der Waals surface area contributed by atoms with E-state index in [4.69, 9.17) is 4.74 Å². The van der Waals surface area contributed by atoms with Crippen LogP contribution in [0.3, 0.4) is 0 Å². The number of aryl methyl sites for hydroxylation is 1. The maximum absolute atomic E-state index is 13.2. The van der Waals surface area contributed by atoms with Crippen LogP contribution in [0.1, 0.15) is 18.4 Å². The summed E-state index contributed by atoms with van der Waals surface area (Å²) in [5, 5.41) is 0. The van der Waals surface area contributed by atoms with Gasteiger partial charge in [0.05, 0.1) is 28.1 Å². The lowest BCUT2D eigenvalue weighted by molar-refractivity contribution is -0.141. The number of amides is 1. The van der Waals surface area contributed by atoms with Gasteiger partial charge in [-0.2, -0.15) is 9.30 Å². The number of esters is 1. The highest BCUT2D eigenvalue weighted by atomic mass is 32.2. The molecule has 4 rings (SSSR count). The third-order valence-corrected chi connectivity index (χ3v) is 8.66. The number of carbonyl (C=O) groups is 2. The van der Waals surface area contributed by atoms with Crippen molar-refractivity contribution in [3.05, 3.63) is 58.6 Å². The second kappa shape index (κ2) is 9.77. The van der Waals surface area contributed by atoms with Crippen LogP contribution in [-0.4, -0.2) is 49.4 Å². The molecule has 0 spiro atoms. The molecule has 11 heteroatoms. The second-order valence-electron chi connectivity index (χ2n) is 8.12. The van der Waals surface area contributed by atoms with Crippen LogP contribution in [0.15, 0.2) is 52.4 Å². The van der Waals surface area contributed by atoms with E-state index in [1.165, 1.54) is 34.9 Å². The van der Waals surface area contributed by atoms with Gasteiger partial charge in [0.2, 0.25) is 10.0 Å². The van der Waals surface area contributed by atoms with Crippen LogP contribution >= 0.6 is 11.3 Å². The average molecular weight is 506 g/mol. The molecule has 2 aromatic carbocycles. The highest BCUT2D eigenvalue weighted by Crippen LogP contribution is 2.25. The molecule has 1 unspecified atom stereocenters. The van der Waals surface area contributed by atoms with Gasteiger partial charge < -0.3 is 9.30 Å². The van der Waals surface area contributed by atoms with Gasteiger partial charge in [0.15, 0.2) is 4.80 Å². The fourth-order valence-corrected chi connectivity index (χ4v) is 6.57. The number of aromatic nitrogens is 1. The van der Waals surface area contributed by atoms with Crippen molar-refractivity contribution in [3.8, 4) is 0 Å². The van der Waals surface area contributed by atoms with Gasteiger partial charge in [0.25, 0.3) is 5.91 Å². The van der Waals surface area contributed by atoms with E-state index in [2.05, 4.69) is 4.99 Å². The van der Waals surface area contributed by atoms with E-state index in [1.807, 2.05) is 25.1 Å². The predicted octanol–water partition coefficient (Wildman–Crippen LogP) is 2.85. The zero-order chi connectivity index (χ0) is 24.5. The number of methoxy groups -OCH3 is 1. The Kier molecular flexibility index (Phi) is 6.96. The highest BCUT2D eigenvalue weighted by Gasteiger charge is 2.33. The average Bonchev–Trinajstić information content (AvgIpc) is 3.14. The lowest BCUT2D eigenvalue weighted by atomic mass is 9.99. The monoisotopic (exact) mass is 505 g/mol. The highest BCUT2D eigenvalue weighted by molar-refractivity contribution is 7.89. The number of hydrogen-bond donors (Lipinski definition) is 0. The zero-order valence-corrected chi connectivity index (χ0v) is 20.4. The Balaban J connectivity index is 1.64. The minimum absolute atomic E-state index is 0.0109. The van der Waals surface area contributed by atoms with Gasteiger partial charge in [0, 0.05) is 13.1 Å². The molecule has 3 aromatic rings. The molecule has 0 bridgehead atoms. The molecular formula is C23H24FN3O5S2. The molecule has 0 N–H and O–H groups in total. The van der Waals surface area contributed by atoms with Gasteiger partial charge in [0.1, 0.15) is 12.4 Å². The standard InChI is InChI=1S/C23H24FN3O5S2/c1-15-5-10-19-20(12-15)33-23(27(19)14-21(28)32-2)25-22(29)16-4-3-11-26(13-16)34(30,31)18-8-6-17(24)7-9-18/h5-10,12,16H,3-4,11,13-14H2,1-2H3. The molecule has 1 aromatic heterocycles. The fourth-order valence-electron chi connectivity index (χ4n) is 3.92. The number of fused-ring (bicyclic) bond motifs is 1. The van der Waals surface area contributed by atoms with Crippen LogP contribution < -0.4 is 4.80 Å². The summed E-state index contributed by atoms with van der Waals surface area (Å²) >= 11 is 1.29. The van der Waals surface area contributed by atoms with Gasteiger partial charge in [-0.25, -0.2) is 12.8 Å². The maximum atomic E-state index is 13.2. The van der Waals surface area contributed by atoms with E-state index < -0.39 is 33.6 Å². The molecule has 1 saturated heterocycles. The molecule has 1 amide bonds. The van der Waals surface area contributed by atoms with Gasteiger partial charge in [-0.3, -0.25) is 9.59 Å². The minimum atomic E-state index is -3.86. The summed E-state index contributed by atoms with van der Waals surface area (Å²) in [7, 11) is -2.57. The van der Waals surface area contributed by atoms with Gasteiger partial charge >= 0.3 is 5.97 Å². The predicted molar refractivity (Wildman–Crippen MR) is 125 cm³/mol. The molecule has 34 heavy (non-hydrogen) atoms. The molecule has 1 aliphatic rings. The summed E-state index contributed by atoms with van der Waals surface area (Å²) in [6, 6.07) is 10.4. The molecule has 2 heterocycles. The van der Waals surface area contributed by atoms with E-state index in [9.17, 15) is 22.4 Å². The largest absolute Gasteiger partial charge is 0.468 e. The molecular weight excluding hydrogens is 481 g/mol. The number of carbonyl (C=O) groups excluding carboxylic acids is 2. The summed E-state index contributed by atoms with van der Waals surface area (Å²) in [4.78, 5) is 29.7. The van der Waals surface area contributed by atoms with E-state index in [0.29, 0.717) is 17.6 Å². The van der Waals surface area contributed by atoms with Crippen LogP contribution in [0, 0.1) is 18.7 Å². The normalized spacial score (nSPS) is 17.7. The van der Waals surface area contributed by atoms with Crippen LogP contribution in [0.25, 0.3) is 10.2 Å². The number of rotatable bonds is 5. The van der Waals surface area contributed by atoms with Crippen molar-refractivity contribution >= 4 is 43.5 Å². The number of benzene rings is 2. The first-order chi connectivity index (χ1) is 16.2. The Morgan fingerprint density at radius 2 is 1.94 bits per heavy atom. The Labute approximate surface area is 200 Å². The van der Waals surface area contributed by atoms with Crippen LogP contribution in [-0.2, 0) is 30.9 Å². The Morgan fingerprint density at radius 3 is 2.65 bits per heavy atom. The number of halogens is 1. The van der Waals surface area contributed by atoms with E-state index >= 15 is 0 Å². The Bertz CT molecular complexity index is 1410. The van der Waals surface area contributed by atoms with Crippen molar-refractivity contribution in [1.82, 2.24) is 8.87 Å². The molecule has 1 fully saturated rings. The number of sulfonamides is 1. The Morgan fingerprint density at radius 1 is 1.21 bits per heavy atom. The van der Waals surface area contributed by atoms with Crippen LogP contribution in [0.5, 0.6) is 0 Å². The zero-order valence-electron chi connectivity index (χ0n) is 18.7. The van der Waals surface area contributed by atoms with Crippen molar-refractivity contribution in [3.63, 3.8) is 0 Å². The van der Waals surface area contributed by atoms with E-state index in [1.54, 1.807) is 4.57 Å². The van der Waals surface area contributed by atoms with Gasteiger partial charge in [-0.05, 0) is 61.7 Å². The van der Waals surface area contributed by atoms with Crippen LogP contribution in [0.4, 0.5) is 4.39 Å². The van der Waals surface area contributed by atoms with Gasteiger partial charge in [-0.15, -0.1) is 0 Å². The fraction of sp³-hybridized carbons (Fsp3) is 0.348. The number of hydrogen-bond acceptors (Lipinski definition) is 6. The SMILES string of the molecule is COC(=O)Cn1c(=NC(=O)C2CCCN(S(=O)(=O)c3ccc(F)cc3)C2)sc2cc(C)ccc21. The first-order valence-corrected chi connectivity index (χ1v) is 13.0. The number of thiazole rings is 1. The molecule has 0 aliphatic carbocycles. The summed E-state index contributed by atoms with van der Waals surface area (Å²) < 4.78 is 47.8. The maximum Gasteiger partial charge on any atom is 0.325 e. The van der Waals surface area contributed by atoms with Crippen molar-refractivity contribution < 1.29 is 27.1 Å². The summed E-state index contributed by atoms with van der Waals surface area (Å²) in [5.74, 6) is -2.06. The number of piperidine rings is 1. The second-order valence-corrected chi connectivity index (χ2v) is 11.1. The topological polar surface area (TPSA) is 98.0 Å². The molecule has 1 aliphatic heterocycles. The molecule has 8 nitrogen and oxygen atoms in total. The number of nitrogens with zero attached hydrogens (tertiary/aromatic N) is 3. The minimum Gasteiger partial charge on any atom is -0.468 e. The van der Waals surface area contributed by atoms with E-state index in [-0.39, 0.29) is 24.5 Å². The van der Waals surface area contributed by atoms with Crippen molar-refractivity contribution in [2.45, 2.75) is 31.2 Å². The third-order valence-electron chi connectivity index (χ3n) is 5.74. The van der Waals surface area contributed by atoms with E-state index in [0.717, 1.165) is 27.9 Å². The summed E-state index contributed by atoms with van der Waals surface area (Å²) in [6.07, 6.45) is 0.999. The van der Waals surface area contributed by atoms with Crippen molar-refractivity contribution in [1.29, 1.82) is 0 Å². The number of ether oxygens (including phenoxy) is 1. The van der Waals surface area contributed by atoms with Crippen molar-refractivity contribution in [2.75, 3.05) is 20.2 Å². The molecule has 0 saturated carbocycles. The quantitative estimate of drug-likeness (QED) is 0.497. The van der Waals surface area contributed by atoms with Crippen molar-refractivity contribution in [2.24, 2.45) is 10.9 Å². The molecule has 180 valence electrons.